The van der Waals surface area contributed by atoms with Crippen LogP contribution in [0.3, 0.4) is 0 Å². The third kappa shape index (κ3) is 8.29. The predicted molar refractivity (Wildman–Crippen MR) is 148 cm³/mol. The van der Waals surface area contributed by atoms with Crippen LogP contribution < -0.4 is 0 Å². The fraction of sp³-hybridized carbons (Fsp3) is 0.414. The largest absolute Gasteiger partial charge is 0.507 e. The zero-order chi connectivity index (χ0) is 27.8. The van der Waals surface area contributed by atoms with Gasteiger partial charge in [0.1, 0.15) is 35.9 Å². The van der Waals surface area contributed by atoms with Crippen LogP contribution in [0.15, 0.2) is 60.1 Å². The van der Waals surface area contributed by atoms with E-state index in [4.69, 9.17) is 25.9 Å². The number of oxime groups is 1. The highest BCUT2D eigenvalue weighted by molar-refractivity contribution is 6.33. The molecule has 1 saturated heterocycles. The lowest BCUT2D eigenvalue weighted by atomic mass is 9.99. The number of hydrogen-bond acceptors (Lipinski definition) is 9. The van der Waals surface area contributed by atoms with Crippen LogP contribution in [0.25, 0.3) is 0 Å². The van der Waals surface area contributed by atoms with Crippen LogP contribution in [0.4, 0.5) is 0 Å². The molecule has 2 N–H and O–H groups in total. The number of phenolic OH excluding ortho intramolecular Hbond substituents is 2. The SMILES string of the molecule is CC1CC2OC2\C=C/C=C/C(=N\OCCCCN(C)Cc2ccncc2)Cc2c(Cl)c(O)cc(O)c2C(=O)O1. The number of unbranched alkanes of at least 4 members (excludes halogenated alkanes) is 1. The number of benzene rings is 1. The fourth-order valence-corrected chi connectivity index (χ4v) is 4.62. The highest BCUT2D eigenvalue weighted by Gasteiger charge is 2.38. The molecule has 4 rings (SSSR count). The molecular formula is C29H34ClN3O6. The van der Waals surface area contributed by atoms with E-state index in [1.807, 2.05) is 24.3 Å². The second-order valence-electron chi connectivity index (χ2n) is 9.81. The molecule has 10 heteroatoms. The van der Waals surface area contributed by atoms with Gasteiger partial charge in [-0.3, -0.25) is 4.98 Å². The highest BCUT2D eigenvalue weighted by Crippen LogP contribution is 2.38. The van der Waals surface area contributed by atoms with Gasteiger partial charge >= 0.3 is 5.97 Å². The zero-order valence-electron chi connectivity index (χ0n) is 22.1. The zero-order valence-corrected chi connectivity index (χ0v) is 22.9. The number of ether oxygens (including phenoxy) is 2. The van der Waals surface area contributed by atoms with E-state index in [-0.39, 0.29) is 40.5 Å². The maximum atomic E-state index is 13.0. The van der Waals surface area contributed by atoms with E-state index in [9.17, 15) is 15.0 Å². The molecule has 0 radical (unpaired) electrons. The summed E-state index contributed by atoms with van der Waals surface area (Å²) in [6, 6.07) is 5.05. The summed E-state index contributed by atoms with van der Waals surface area (Å²) in [7, 11) is 2.07. The monoisotopic (exact) mass is 555 g/mol. The van der Waals surface area contributed by atoms with Crippen molar-refractivity contribution in [3.05, 3.63) is 76.6 Å². The van der Waals surface area contributed by atoms with Gasteiger partial charge < -0.3 is 29.4 Å². The average molecular weight is 556 g/mol. The summed E-state index contributed by atoms with van der Waals surface area (Å²) in [5, 5.41) is 25.0. The maximum Gasteiger partial charge on any atom is 0.342 e. The van der Waals surface area contributed by atoms with Gasteiger partial charge in [0.25, 0.3) is 0 Å². The molecule has 9 nitrogen and oxygen atoms in total. The fourth-order valence-electron chi connectivity index (χ4n) is 4.41. The van der Waals surface area contributed by atoms with Crippen molar-refractivity contribution >= 4 is 23.3 Å². The molecule has 2 aromatic rings. The molecule has 39 heavy (non-hydrogen) atoms. The van der Waals surface area contributed by atoms with Crippen LogP contribution in [0, 0.1) is 0 Å². The molecule has 208 valence electrons. The lowest BCUT2D eigenvalue weighted by Crippen LogP contribution is -2.20. The van der Waals surface area contributed by atoms with Crippen molar-refractivity contribution in [3.8, 4) is 11.5 Å². The summed E-state index contributed by atoms with van der Waals surface area (Å²) in [6.07, 6.45) is 12.7. The van der Waals surface area contributed by atoms with E-state index in [0.29, 0.717) is 18.7 Å². The van der Waals surface area contributed by atoms with E-state index in [0.717, 1.165) is 32.0 Å². The first-order valence-corrected chi connectivity index (χ1v) is 13.4. The minimum Gasteiger partial charge on any atom is -0.507 e. The summed E-state index contributed by atoms with van der Waals surface area (Å²) in [4.78, 5) is 24.9. The lowest BCUT2D eigenvalue weighted by Gasteiger charge is -2.17. The van der Waals surface area contributed by atoms with Gasteiger partial charge in [0.15, 0.2) is 0 Å². The van der Waals surface area contributed by atoms with Crippen molar-refractivity contribution in [3.63, 3.8) is 0 Å². The number of epoxide rings is 1. The van der Waals surface area contributed by atoms with Gasteiger partial charge in [-0.2, -0.15) is 0 Å². The van der Waals surface area contributed by atoms with E-state index in [2.05, 4.69) is 22.1 Å². The smallest absolute Gasteiger partial charge is 0.342 e. The van der Waals surface area contributed by atoms with E-state index < -0.39 is 17.8 Å². The molecule has 1 aromatic carbocycles. The topological polar surface area (TPSA) is 117 Å². The Hall–Kier alpha value is -3.40. The number of pyridine rings is 1. The third-order valence-corrected chi connectivity index (χ3v) is 6.91. The van der Waals surface area contributed by atoms with Crippen LogP contribution in [0.2, 0.25) is 5.02 Å². The van der Waals surface area contributed by atoms with E-state index in [1.54, 1.807) is 31.5 Å². The number of aromatic nitrogens is 1. The normalized spacial score (nSPS) is 23.8. The summed E-state index contributed by atoms with van der Waals surface area (Å²) < 4.78 is 11.2. The molecule has 0 bridgehead atoms. The van der Waals surface area contributed by atoms with Crippen LogP contribution in [-0.2, 0) is 27.3 Å². The maximum absolute atomic E-state index is 13.0. The first-order chi connectivity index (χ1) is 18.8. The van der Waals surface area contributed by atoms with Crippen LogP contribution in [0.1, 0.15) is 47.7 Å². The van der Waals surface area contributed by atoms with Crippen molar-refractivity contribution in [2.24, 2.45) is 5.16 Å². The van der Waals surface area contributed by atoms with Gasteiger partial charge in [-0.05, 0) is 62.7 Å². The number of allylic oxidation sites excluding steroid dienone is 3. The molecule has 1 fully saturated rings. The number of phenols is 2. The molecule has 0 aliphatic carbocycles. The molecule has 3 atom stereocenters. The molecule has 2 aliphatic heterocycles. The molecule has 1 aromatic heterocycles. The number of halogens is 1. The number of rotatable bonds is 8. The standard InChI is InChI=1S/C29H34ClN3O6/c1-19-15-26-25(39-26)8-4-3-7-21(16-22-27(29(36)38-19)23(34)17-24(35)28(22)30)32-37-14-6-5-13-33(2)18-20-9-11-31-12-10-20/h3-4,7-12,17,19,25-26,34-35H,5-6,13-16,18H2,1-2H3/b7-3+,8-4-,32-21+. The Morgan fingerprint density at radius 2 is 2.00 bits per heavy atom. The van der Waals surface area contributed by atoms with E-state index >= 15 is 0 Å². The number of carbonyl (C=O) groups is 1. The first kappa shape index (κ1) is 28.6. The van der Waals surface area contributed by atoms with Crippen LogP contribution >= 0.6 is 11.6 Å². The highest BCUT2D eigenvalue weighted by atomic mass is 35.5. The van der Waals surface area contributed by atoms with Gasteiger partial charge in [0.2, 0.25) is 0 Å². The minimum atomic E-state index is -0.734. The van der Waals surface area contributed by atoms with Crippen molar-refractivity contribution in [2.45, 2.75) is 57.5 Å². The molecule has 3 heterocycles. The number of fused-ring (bicyclic) bond motifs is 2. The molecule has 2 aliphatic rings. The number of cyclic esters (lactones) is 1. The Balaban J connectivity index is 1.43. The number of esters is 1. The Labute approximate surface area is 233 Å². The van der Waals surface area contributed by atoms with Gasteiger partial charge in [0, 0.05) is 37.8 Å². The lowest BCUT2D eigenvalue weighted by molar-refractivity contribution is 0.0306. The first-order valence-electron chi connectivity index (χ1n) is 13.0. The Morgan fingerprint density at radius 3 is 2.79 bits per heavy atom. The van der Waals surface area contributed by atoms with E-state index in [1.165, 1.54) is 5.56 Å². The van der Waals surface area contributed by atoms with Crippen LogP contribution in [-0.4, -0.2) is 70.3 Å². The predicted octanol–water partition coefficient (Wildman–Crippen LogP) is 4.80. The minimum absolute atomic E-state index is 0.0289. The number of aromatic hydroxyl groups is 2. The summed E-state index contributed by atoms with van der Waals surface area (Å²) in [6.45, 7) is 3.92. The Bertz CT molecular complexity index is 1230. The van der Waals surface area contributed by atoms with Crippen molar-refractivity contribution in [1.82, 2.24) is 9.88 Å². The van der Waals surface area contributed by atoms with Gasteiger partial charge in [-0.15, -0.1) is 0 Å². The molecule has 0 amide bonds. The average Bonchev–Trinajstić information content (AvgIpc) is 3.63. The second-order valence-corrected chi connectivity index (χ2v) is 10.2. The molecular weight excluding hydrogens is 522 g/mol. The number of carbonyl (C=O) groups excluding carboxylic acids is 1. The van der Waals surface area contributed by atoms with Crippen molar-refractivity contribution in [1.29, 1.82) is 0 Å². The van der Waals surface area contributed by atoms with Gasteiger partial charge in [-0.25, -0.2) is 4.79 Å². The van der Waals surface area contributed by atoms with Crippen LogP contribution in [0.5, 0.6) is 11.5 Å². The molecule has 3 unspecified atom stereocenters. The second kappa shape index (κ2) is 13.6. The summed E-state index contributed by atoms with van der Waals surface area (Å²) in [5.41, 5.74) is 1.76. The van der Waals surface area contributed by atoms with Crippen molar-refractivity contribution in [2.75, 3.05) is 20.2 Å². The molecule has 0 spiro atoms. The quantitative estimate of drug-likeness (QED) is 0.206. The summed E-state index contributed by atoms with van der Waals surface area (Å²) in [5.74, 6) is -1.50. The molecule has 0 saturated carbocycles. The third-order valence-electron chi connectivity index (χ3n) is 6.49. The van der Waals surface area contributed by atoms with Crippen molar-refractivity contribution < 1.29 is 29.3 Å². The number of nitrogens with zero attached hydrogens (tertiary/aromatic N) is 3. The Kier molecular flexibility index (Phi) is 9.97. The Morgan fingerprint density at radius 1 is 1.21 bits per heavy atom. The van der Waals surface area contributed by atoms with Gasteiger partial charge in [0.05, 0.1) is 16.8 Å². The number of hydrogen-bond donors (Lipinski definition) is 2. The summed E-state index contributed by atoms with van der Waals surface area (Å²) >= 11 is 6.39. The van der Waals surface area contributed by atoms with Gasteiger partial charge in [-0.1, -0.05) is 35.0 Å².